The molecule has 0 aliphatic heterocycles. The highest BCUT2D eigenvalue weighted by molar-refractivity contribution is 9.11. The van der Waals surface area contributed by atoms with Crippen molar-refractivity contribution in [1.29, 1.82) is 0 Å². The first kappa shape index (κ1) is 14.5. The standard InChI is InChI=1S/C13H7Br3ClF/c14-9-3-1-2-8(13(9)17)12(16)7-4-5-11(18)10(15)6-7/h1-6,12H. The lowest BCUT2D eigenvalue weighted by atomic mass is 10.0. The van der Waals surface area contributed by atoms with E-state index in [2.05, 4.69) is 47.8 Å². The number of rotatable bonds is 2. The van der Waals surface area contributed by atoms with Gasteiger partial charge in [-0.15, -0.1) is 0 Å². The zero-order valence-electron chi connectivity index (χ0n) is 8.93. The van der Waals surface area contributed by atoms with Gasteiger partial charge in [-0.3, -0.25) is 0 Å². The van der Waals surface area contributed by atoms with Crippen LogP contribution in [0.1, 0.15) is 16.0 Å². The van der Waals surface area contributed by atoms with Crippen molar-refractivity contribution < 1.29 is 4.39 Å². The van der Waals surface area contributed by atoms with Gasteiger partial charge in [-0.2, -0.15) is 0 Å². The molecule has 0 nitrogen and oxygen atoms in total. The van der Waals surface area contributed by atoms with Gasteiger partial charge in [0.05, 0.1) is 14.3 Å². The Labute approximate surface area is 135 Å². The van der Waals surface area contributed by atoms with E-state index < -0.39 is 0 Å². The van der Waals surface area contributed by atoms with Gasteiger partial charge in [-0.1, -0.05) is 45.7 Å². The highest BCUT2D eigenvalue weighted by atomic mass is 79.9. The Morgan fingerprint density at radius 2 is 1.78 bits per heavy atom. The number of benzene rings is 2. The Morgan fingerprint density at radius 3 is 2.44 bits per heavy atom. The van der Waals surface area contributed by atoms with Crippen molar-refractivity contribution in [3.8, 4) is 0 Å². The second-order valence-corrected chi connectivity index (χ2v) is 6.68. The van der Waals surface area contributed by atoms with E-state index in [1.54, 1.807) is 12.1 Å². The Kier molecular flexibility index (Phi) is 4.86. The van der Waals surface area contributed by atoms with Gasteiger partial charge in [0.15, 0.2) is 0 Å². The van der Waals surface area contributed by atoms with Gasteiger partial charge >= 0.3 is 0 Å². The first-order valence-electron chi connectivity index (χ1n) is 5.03. The molecule has 0 heterocycles. The maximum absolute atomic E-state index is 13.2. The van der Waals surface area contributed by atoms with Gasteiger partial charge < -0.3 is 0 Å². The first-order chi connectivity index (χ1) is 8.50. The molecule has 0 saturated carbocycles. The van der Waals surface area contributed by atoms with Crippen LogP contribution in [0.5, 0.6) is 0 Å². The normalized spacial score (nSPS) is 12.5. The summed E-state index contributed by atoms with van der Waals surface area (Å²) in [5.74, 6) is -0.279. The molecule has 0 saturated heterocycles. The average molecular weight is 457 g/mol. The van der Waals surface area contributed by atoms with Gasteiger partial charge in [0, 0.05) is 4.47 Å². The van der Waals surface area contributed by atoms with Gasteiger partial charge in [-0.05, 0) is 61.2 Å². The van der Waals surface area contributed by atoms with Crippen molar-refractivity contribution in [1.82, 2.24) is 0 Å². The lowest BCUT2D eigenvalue weighted by molar-refractivity contribution is 0.620. The van der Waals surface area contributed by atoms with Crippen LogP contribution in [0.3, 0.4) is 0 Å². The van der Waals surface area contributed by atoms with Gasteiger partial charge in [0.1, 0.15) is 5.82 Å². The fourth-order valence-electron chi connectivity index (χ4n) is 1.57. The second-order valence-electron chi connectivity index (χ2n) is 3.68. The van der Waals surface area contributed by atoms with Crippen LogP contribution in [0.2, 0.25) is 5.02 Å². The largest absolute Gasteiger partial charge is 0.206 e. The van der Waals surface area contributed by atoms with Crippen molar-refractivity contribution in [3.05, 3.63) is 67.3 Å². The highest BCUT2D eigenvalue weighted by Gasteiger charge is 2.16. The molecule has 1 unspecified atom stereocenters. The monoisotopic (exact) mass is 454 g/mol. The third-order valence-corrected chi connectivity index (χ3v) is 5.43. The molecule has 0 spiro atoms. The predicted octanol–water partition coefficient (Wildman–Crippen LogP) is 6.49. The van der Waals surface area contributed by atoms with Crippen LogP contribution in [-0.2, 0) is 0 Å². The van der Waals surface area contributed by atoms with E-state index in [-0.39, 0.29) is 10.6 Å². The zero-order valence-corrected chi connectivity index (χ0v) is 14.4. The van der Waals surface area contributed by atoms with Crippen molar-refractivity contribution in [2.24, 2.45) is 0 Å². The summed E-state index contributed by atoms with van der Waals surface area (Å²) in [5, 5.41) is 0.653. The van der Waals surface area contributed by atoms with Gasteiger partial charge in [0.25, 0.3) is 0 Å². The van der Waals surface area contributed by atoms with Crippen LogP contribution in [0.4, 0.5) is 4.39 Å². The number of hydrogen-bond acceptors (Lipinski definition) is 0. The van der Waals surface area contributed by atoms with E-state index >= 15 is 0 Å². The molecule has 1 atom stereocenters. The van der Waals surface area contributed by atoms with Crippen LogP contribution < -0.4 is 0 Å². The van der Waals surface area contributed by atoms with Crippen LogP contribution in [-0.4, -0.2) is 0 Å². The SMILES string of the molecule is Fc1ccc(C(Br)c2cccc(Br)c2Cl)cc1Br. The molecule has 0 aliphatic rings. The summed E-state index contributed by atoms with van der Waals surface area (Å²) < 4.78 is 14.5. The molecule has 0 amide bonds. The third kappa shape index (κ3) is 2.98. The van der Waals surface area contributed by atoms with Crippen molar-refractivity contribution in [3.63, 3.8) is 0 Å². The molecule has 2 rings (SSSR count). The highest BCUT2D eigenvalue weighted by Crippen LogP contribution is 2.39. The molecular formula is C13H7Br3ClF. The average Bonchev–Trinajstić information content (AvgIpc) is 2.35. The Hall–Kier alpha value is 0.1000. The van der Waals surface area contributed by atoms with Gasteiger partial charge in [0.2, 0.25) is 0 Å². The molecule has 0 N–H and O–H groups in total. The minimum absolute atomic E-state index is 0.0839. The Morgan fingerprint density at radius 1 is 1.06 bits per heavy atom. The molecule has 0 fully saturated rings. The van der Waals surface area contributed by atoms with E-state index in [0.717, 1.165) is 15.6 Å². The summed E-state index contributed by atoms with van der Waals surface area (Å²) >= 11 is 16.4. The Bertz CT molecular complexity index is 586. The lowest BCUT2D eigenvalue weighted by Gasteiger charge is -2.14. The summed E-state index contributed by atoms with van der Waals surface area (Å²) in [4.78, 5) is -0.0839. The van der Waals surface area contributed by atoms with Crippen LogP contribution in [0.15, 0.2) is 45.3 Å². The predicted molar refractivity (Wildman–Crippen MR) is 84.0 cm³/mol. The number of alkyl halides is 1. The van der Waals surface area contributed by atoms with Crippen molar-refractivity contribution in [2.45, 2.75) is 4.83 Å². The van der Waals surface area contributed by atoms with Crippen molar-refractivity contribution in [2.75, 3.05) is 0 Å². The number of halogens is 5. The van der Waals surface area contributed by atoms with Gasteiger partial charge in [-0.25, -0.2) is 4.39 Å². The van der Waals surface area contributed by atoms with E-state index in [1.165, 1.54) is 6.07 Å². The molecule has 0 aromatic heterocycles. The van der Waals surface area contributed by atoms with E-state index in [0.29, 0.717) is 9.50 Å². The van der Waals surface area contributed by atoms with Crippen molar-refractivity contribution >= 4 is 59.4 Å². The molecule has 18 heavy (non-hydrogen) atoms. The summed E-state index contributed by atoms with van der Waals surface area (Å²) in [6.07, 6.45) is 0. The minimum Gasteiger partial charge on any atom is -0.206 e. The lowest BCUT2D eigenvalue weighted by Crippen LogP contribution is -1.95. The van der Waals surface area contributed by atoms with E-state index in [1.807, 2.05) is 18.2 Å². The third-order valence-electron chi connectivity index (χ3n) is 2.49. The van der Waals surface area contributed by atoms with E-state index in [4.69, 9.17) is 11.6 Å². The Balaban J connectivity index is 2.44. The van der Waals surface area contributed by atoms with Crippen LogP contribution in [0.25, 0.3) is 0 Å². The summed E-state index contributed by atoms with van der Waals surface area (Å²) in [6.45, 7) is 0. The minimum atomic E-state index is -0.279. The summed E-state index contributed by atoms with van der Waals surface area (Å²) in [5.41, 5.74) is 1.87. The summed E-state index contributed by atoms with van der Waals surface area (Å²) in [6, 6.07) is 10.6. The quantitative estimate of drug-likeness (QED) is 0.453. The molecule has 5 heteroatoms. The fraction of sp³-hybridized carbons (Fsp3) is 0.0769. The zero-order chi connectivity index (χ0) is 13.3. The first-order valence-corrected chi connectivity index (χ1v) is 7.91. The number of hydrogen-bond donors (Lipinski definition) is 0. The fourth-order valence-corrected chi connectivity index (χ4v) is 3.38. The smallest absolute Gasteiger partial charge is 0.137 e. The molecule has 2 aromatic carbocycles. The van der Waals surface area contributed by atoms with Crippen LogP contribution in [0, 0.1) is 5.82 Å². The molecule has 0 aliphatic carbocycles. The maximum atomic E-state index is 13.2. The molecule has 0 bridgehead atoms. The molecule has 94 valence electrons. The second kappa shape index (κ2) is 6.04. The molecule has 2 aromatic rings. The van der Waals surface area contributed by atoms with E-state index in [9.17, 15) is 4.39 Å². The topological polar surface area (TPSA) is 0 Å². The molecule has 0 radical (unpaired) electrons. The maximum Gasteiger partial charge on any atom is 0.137 e. The van der Waals surface area contributed by atoms with Crippen LogP contribution >= 0.6 is 59.4 Å². The molecular weight excluding hydrogens is 450 g/mol. The summed E-state index contributed by atoms with van der Waals surface area (Å²) in [7, 11) is 0.